The summed E-state index contributed by atoms with van der Waals surface area (Å²) in [5.41, 5.74) is 6.06. The summed E-state index contributed by atoms with van der Waals surface area (Å²) in [5.74, 6) is 0.754. The van der Waals surface area contributed by atoms with Crippen LogP contribution in [0.15, 0.2) is 12.1 Å². The lowest BCUT2D eigenvalue weighted by Crippen LogP contribution is -2.49. The van der Waals surface area contributed by atoms with E-state index in [-0.39, 0.29) is 24.0 Å². The number of urea groups is 1. The van der Waals surface area contributed by atoms with Gasteiger partial charge >= 0.3 is 12.1 Å². The van der Waals surface area contributed by atoms with Gasteiger partial charge in [0, 0.05) is 57.9 Å². The van der Waals surface area contributed by atoms with E-state index in [2.05, 4.69) is 15.5 Å². The lowest BCUT2D eigenvalue weighted by Gasteiger charge is -2.38. The van der Waals surface area contributed by atoms with Crippen LogP contribution in [0.1, 0.15) is 63.2 Å². The number of halogens is 1. The standard InChI is InChI=1S/C29H45ClN6O5/c1-29(2,3)41-27(38)33-21-9-14-36(18-21)28(39)35-12-5-19(6-13-35)17-34-10-7-20(8-11-34)32-26(37)22-15-23(30)24(31)16-25(22)40-4/h15-16,19-21H,5-14,17-18,31H2,1-4H3,(H,32,37)(H,33,38). The van der Waals surface area contributed by atoms with Crippen LogP contribution in [0.4, 0.5) is 15.3 Å². The lowest BCUT2D eigenvalue weighted by molar-refractivity contribution is 0.0505. The highest BCUT2D eigenvalue weighted by atomic mass is 35.5. The quantitative estimate of drug-likeness (QED) is 0.431. The first kappa shape index (κ1) is 31.0. The molecule has 3 saturated heterocycles. The Balaban J connectivity index is 1.15. The first-order valence-electron chi connectivity index (χ1n) is 14.6. The lowest BCUT2D eigenvalue weighted by atomic mass is 9.94. The molecule has 4 N–H and O–H groups in total. The Bertz CT molecular complexity index is 1100. The van der Waals surface area contributed by atoms with E-state index < -0.39 is 11.7 Å². The molecule has 41 heavy (non-hydrogen) atoms. The molecule has 0 saturated carbocycles. The summed E-state index contributed by atoms with van der Waals surface area (Å²) in [4.78, 5) is 44.3. The maximum Gasteiger partial charge on any atom is 0.407 e. The van der Waals surface area contributed by atoms with Gasteiger partial charge in [-0.1, -0.05) is 11.6 Å². The maximum atomic E-state index is 13.1. The van der Waals surface area contributed by atoms with Crippen LogP contribution in [0, 0.1) is 5.92 Å². The van der Waals surface area contributed by atoms with Gasteiger partial charge in [0.15, 0.2) is 0 Å². The SMILES string of the molecule is COc1cc(N)c(Cl)cc1C(=O)NC1CCN(CC2CCN(C(=O)N3CCC(NC(=O)OC(C)(C)C)C3)CC2)CC1. The van der Waals surface area contributed by atoms with Gasteiger partial charge < -0.3 is 40.5 Å². The molecule has 4 amide bonds. The fraction of sp³-hybridized carbons (Fsp3) is 0.690. The first-order valence-corrected chi connectivity index (χ1v) is 15.0. The summed E-state index contributed by atoms with van der Waals surface area (Å²) in [5, 5.41) is 6.35. The average molecular weight is 593 g/mol. The van der Waals surface area contributed by atoms with Gasteiger partial charge in [0.2, 0.25) is 0 Å². The second-order valence-electron chi connectivity index (χ2n) is 12.4. The third kappa shape index (κ3) is 8.54. The van der Waals surface area contributed by atoms with Crippen molar-refractivity contribution in [2.75, 3.05) is 58.7 Å². The molecule has 3 heterocycles. The molecule has 11 nitrogen and oxygen atoms in total. The molecular formula is C29H45ClN6O5. The monoisotopic (exact) mass is 592 g/mol. The molecule has 3 aliphatic rings. The van der Waals surface area contributed by atoms with E-state index in [9.17, 15) is 14.4 Å². The predicted molar refractivity (Wildman–Crippen MR) is 158 cm³/mol. The van der Waals surface area contributed by atoms with Crippen LogP contribution in [0.5, 0.6) is 5.75 Å². The molecule has 0 aliphatic carbocycles. The Morgan fingerprint density at radius 2 is 1.59 bits per heavy atom. The number of hydrogen-bond donors (Lipinski definition) is 3. The number of nitrogens with zero attached hydrogens (tertiary/aromatic N) is 3. The molecule has 1 aromatic carbocycles. The van der Waals surface area contributed by atoms with Crippen LogP contribution in [-0.2, 0) is 4.74 Å². The van der Waals surface area contributed by atoms with Crippen LogP contribution in [0.3, 0.4) is 0 Å². The van der Waals surface area contributed by atoms with Crippen molar-refractivity contribution in [3.8, 4) is 5.75 Å². The molecule has 1 atom stereocenters. The van der Waals surface area contributed by atoms with Gasteiger partial charge in [0.05, 0.1) is 29.4 Å². The number of nitrogens with one attached hydrogen (secondary N) is 2. The van der Waals surface area contributed by atoms with Crippen molar-refractivity contribution in [2.24, 2.45) is 5.92 Å². The third-order valence-corrected chi connectivity index (χ3v) is 8.39. The molecule has 0 bridgehead atoms. The fourth-order valence-electron chi connectivity index (χ4n) is 5.84. The van der Waals surface area contributed by atoms with Crippen LogP contribution in [0.2, 0.25) is 5.02 Å². The molecule has 3 aliphatic heterocycles. The number of benzene rings is 1. The number of nitrogens with two attached hydrogens (primary N) is 1. The van der Waals surface area contributed by atoms with Crippen molar-refractivity contribution in [3.63, 3.8) is 0 Å². The molecule has 3 fully saturated rings. The van der Waals surface area contributed by atoms with Crippen LogP contribution >= 0.6 is 11.6 Å². The van der Waals surface area contributed by atoms with Crippen molar-refractivity contribution in [1.82, 2.24) is 25.3 Å². The average Bonchev–Trinajstić information content (AvgIpc) is 3.38. The molecule has 1 unspecified atom stereocenters. The minimum absolute atomic E-state index is 0.0625. The molecule has 0 radical (unpaired) electrons. The minimum atomic E-state index is -0.545. The van der Waals surface area contributed by atoms with Crippen LogP contribution in [0.25, 0.3) is 0 Å². The molecule has 228 valence electrons. The smallest absolute Gasteiger partial charge is 0.407 e. The number of piperidine rings is 2. The van der Waals surface area contributed by atoms with E-state index in [0.29, 0.717) is 41.0 Å². The van der Waals surface area contributed by atoms with Crippen LogP contribution < -0.4 is 21.1 Å². The summed E-state index contributed by atoms with van der Waals surface area (Å²) in [6.07, 6.45) is 4.01. The van der Waals surface area contributed by atoms with Gasteiger partial charge in [0.25, 0.3) is 5.91 Å². The van der Waals surface area contributed by atoms with Gasteiger partial charge in [-0.25, -0.2) is 9.59 Å². The molecule has 1 aromatic rings. The fourth-order valence-corrected chi connectivity index (χ4v) is 6.00. The highest BCUT2D eigenvalue weighted by Crippen LogP contribution is 2.29. The number of anilines is 1. The number of alkyl carbamates (subject to hydrolysis) is 1. The normalized spacial score (nSPS) is 21.0. The number of methoxy groups -OCH3 is 1. The second kappa shape index (κ2) is 13.4. The van der Waals surface area contributed by atoms with E-state index in [0.717, 1.165) is 64.8 Å². The summed E-state index contributed by atoms with van der Waals surface area (Å²) in [6, 6.07) is 3.21. The summed E-state index contributed by atoms with van der Waals surface area (Å²) in [7, 11) is 1.51. The van der Waals surface area contributed by atoms with E-state index in [4.69, 9.17) is 26.8 Å². The molecule has 4 rings (SSSR count). The van der Waals surface area contributed by atoms with E-state index in [1.54, 1.807) is 12.1 Å². The summed E-state index contributed by atoms with van der Waals surface area (Å²) < 4.78 is 10.7. The topological polar surface area (TPSA) is 129 Å². The number of likely N-dealkylation sites (tertiary alicyclic amines) is 3. The van der Waals surface area contributed by atoms with Crippen molar-refractivity contribution in [2.45, 2.75) is 70.6 Å². The van der Waals surface area contributed by atoms with Crippen LogP contribution in [-0.4, -0.2) is 103 Å². The zero-order chi connectivity index (χ0) is 29.7. The maximum absolute atomic E-state index is 13.1. The number of nitrogen functional groups attached to an aromatic ring is 1. The van der Waals surface area contributed by atoms with E-state index in [1.165, 1.54) is 7.11 Å². The minimum Gasteiger partial charge on any atom is -0.496 e. The third-order valence-electron chi connectivity index (χ3n) is 8.07. The van der Waals surface area contributed by atoms with E-state index in [1.807, 2.05) is 30.6 Å². The Morgan fingerprint density at radius 1 is 0.951 bits per heavy atom. The Hall–Kier alpha value is -2.92. The number of ether oxygens (including phenoxy) is 2. The first-order chi connectivity index (χ1) is 19.4. The van der Waals surface area contributed by atoms with Crippen molar-refractivity contribution >= 4 is 35.3 Å². The number of carbonyl (C=O) groups is 3. The van der Waals surface area contributed by atoms with Gasteiger partial charge in [-0.2, -0.15) is 0 Å². The van der Waals surface area contributed by atoms with Gasteiger partial charge in [-0.15, -0.1) is 0 Å². The van der Waals surface area contributed by atoms with E-state index >= 15 is 0 Å². The molecular weight excluding hydrogens is 548 g/mol. The highest BCUT2D eigenvalue weighted by molar-refractivity contribution is 6.33. The zero-order valence-electron chi connectivity index (χ0n) is 24.7. The molecule has 0 spiro atoms. The number of hydrogen-bond acceptors (Lipinski definition) is 7. The number of carbonyl (C=O) groups excluding carboxylic acids is 3. The van der Waals surface area contributed by atoms with Crippen molar-refractivity contribution in [1.29, 1.82) is 0 Å². The largest absolute Gasteiger partial charge is 0.496 e. The summed E-state index contributed by atoms with van der Waals surface area (Å²) in [6.45, 7) is 11.0. The molecule has 0 aromatic heterocycles. The number of rotatable bonds is 6. The van der Waals surface area contributed by atoms with Crippen molar-refractivity contribution in [3.05, 3.63) is 22.7 Å². The molecule has 12 heteroatoms. The Kier molecular flexibility index (Phi) is 10.1. The summed E-state index contributed by atoms with van der Waals surface area (Å²) >= 11 is 6.13. The number of amides is 4. The van der Waals surface area contributed by atoms with Gasteiger partial charge in [0.1, 0.15) is 11.4 Å². The van der Waals surface area contributed by atoms with Crippen molar-refractivity contribution < 1.29 is 23.9 Å². The van der Waals surface area contributed by atoms with Gasteiger partial charge in [-0.05, 0) is 64.9 Å². The predicted octanol–water partition coefficient (Wildman–Crippen LogP) is 3.56. The second-order valence-corrected chi connectivity index (χ2v) is 12.8. The van der Waals surface area contributed by atoms with Gasteiger partial charge in [-0.3, -0.25) is 4.79 Å². The highest BCUT2D eigenvalue weighted by Gasteiger charge is 2.33. The Morgan fingerprint density at radius 3 is 2.22 bits per heavy atom. The zero-order valence-corrected chi connectivity index (χ0v) is 25.5. The Labute approximate surface area is 248 Å².